The number of benzene rings is 2. The van der Waals surface area contributed by atoms with Crippen LogP contribution in [0.3, 0.4) is 0 Å². The number of nitrogens with one attached hydrogen (secondary N) is 1. The van der Waals surface area contributed by atoms with E-state index in [-0.39, 0.29) is 5.91 Å². The van der Waals surface area contributed by atoms with E-state index in [9.17, 15) is 4.79 Å². The fourth-order valence-corrected chi connectivity index (χ4v) is 3.11. The van der Waals surface area contributed by atoms with Gasteiger partial charge in [-0.05, 0) is 38.0 Å². The van der Waals surface area contributed by atoms with E-state index >= 15 is 0 Å². The van der Waals surface area contributed by atoms with Gasteiger partial charge in [0.05, 0.1) is 0 Å². The van der Waals surface area contributed by atoms with Crippen molar-refractivity contribution in [2.75, 3.05) is 12.3 Å². The minimum atomic E-state index is 0.0253. The van der Waals surface area contributed by atoms with Gasteiger partial charge in [0.25, 0.3) is 5.91 Å². The molecule has 0 unspecified atom stereocenters. The summed E-state index contributed by atoms with van der Waals surface area (Å²) in [5.74, 6) is 1.93. The average Bonchev–Trinajstić information content (AvgIpc) is 2.49. The van der Waals surface area contributed by atoms with E-state index < -0.39 is 0 Å². The van der Waals surface area contributed by atoms with E-state index in [1.54, 1.807) is 0 Å². The molecular formula is C19H23NOS. The maximum atomic E-state index is 12.2. The summed E-state index contributed by atoms with van der Waals surface area (Å²) in [6.45, 7) is 6.79. The number of hydrogen-bond donors (Lipinski definition) is 1. The first-order chi connectivity index (χ1) is 10.6. The average molecular weight is 313 g/mol. The van der Waals surface area contributed by atoms with Crippen molar-refractivity contribution in [3.63, 3.8) is 0 Å². The zero-order chi connectivity index (χ0) is 15.9. The third-order valence-corrected chi connectivity index (χ3v) is 4.55. The molecule has 0 saturated carbocycles. The minimum absolute atomic E-state index is 0.0253. The summed E-state index contributed by atoms with van der Waals surface area (Å²) >= 11 is 1.84. The summed E-state index contributed by atoms with van der Waals surface area (Å²) in [5, 5.41) is 3.00. The van der Waals surface area contributed by atoms with Gasteiger partial charge in [-0.25, -0.2) is 0 Å². The molecule has 2 aromatic rings. The fraction of sp³-hybridized carbons (Fsp3) is 0.316. The first-order valence-corrected chi connectivity index (χ1v) is 8.70. The van der Waals surface area contributed by atoms with Crippen LogP contribution in [0.15, 0.2) is 42.5 Å². The Balaban J connectivity index is 1.74. The van der Waals surface area contributed by atoms with E-state index in [0.29, 0.717) is 6.54 Å². The van der Waals surface area contributed by atoms with Gasteiger partial charge in [0, 0.05) is 23.6 Å². The van der Waals surface area contributed by atoms with Crippen molar-refractivity contribution in [3.8, 4) is 0 Å². The van der Waals surface area contributed by atoms with Gasteiger partial charge >= 0.3 is 0 Å². The standard InChI is InChI=1S/C19H23NOS/c1-14-5-4-6-17(11-14)13-22-10-9-20-19(21)18-12-15(2)7-8-16(18)3/h4-8,11-12H,9-10,13H2,1-3H3,(H,20,21). The topological polar surface area (TPSA) is 29.1 Å². The van der Waals surface area contributed by atoms with Gasteiger partial charge in [0.15, 0.2) is 0 Å². The molecule has 0 fully saturated rings. The molecule has 2 aromatic carbocycles. The summed E-state index contributed by atoms with van der Waals surface area (Å²) < 4.78 is 0. The molecule has 22 heavy (non-hydrogen) atoms. The molecule has 0 radical (unpaired) electrons. The molecule has 116 valence electrons. The van der Waals surface area contributed by atoms with Crippen LogP contribution in [-0.2, 0) is 5.75 Å². The Bertz CT molecular complexity index is 652. The molecule has 3 heteroatoms. The van der Waals surface area contributed by atoms with E-state index in [1.165, 1.54) is 11.1 Å². The van der Waals surface area contributed by atoms with Gasteiger partial charge < -0.3 is 5.32 Å². The molecule has 1 amide bonds. The smallest absolute Gasteiger partial charge is 0.251 e. The van der Waals surface area contributed by atoms with E-state index in [2.05, 4.69) is 36.5 Å². The van der Waals surface area contributed by atoms with Crippen LogP contribution in [0.25, 0.3) is 0 Å². The van der Waals surface area contributed by atoms with Crippen LogP contribution in [0.5, 0.6) is 0 Å². The summed E-state index contributed by atoms with van der Waals surface area (Å²) in [7, 11) is 0. The van der Waals surface area contributed by atoms with Crippen molar-refractivity contribution in [1.82, 2.24) is 5.32 Å². The van der Waals surface area contributed by atoms with Crippen molar-refractivity contribution in [2.45, 2.75) is 26.5 Å². The van der Waals surface area contributed by atoms with Crippen molar-refractivity contribution in [3.05, 3.63) is 70.3 Å². The van der Waals surface area contributed by atoms with Crippen LogP contribution in [0.2, 0.25) is 0 Å². The van der Waals surface area contributed by atoms with E-state index in [4.69, 9.17) is 0 Å². The third kappa shape index (κ3) is 4.92. The molecule has 0 aliphatic carbocycles. The monoisotopic (exact) mass is 313 g/mol. The van der Waals surface area contributed by atoms with Crippen LogP contribution in [0, 0.1) is 20.8 Å². The predicted octanol–water partition coefficient (Wildman–Crippen LogP) is 4.28. The lowest BCUT2D eigenvalue weighted by atomic mass is 10.1. The number of thioether (sulfide) groups is 1. The summed E-state index contributed by atoms with van der Waals surface area (Å²) in [6, 6.07) is 14.5. The Kier molecular flexibility index (Phi) is 6.08. The molecule has 0 spiro atoms. The first-order valence-electron chi connectivity index (χ1n) is 7.55. The lowest BCUT2D eigenvalue weighted by Gasteiger charge is -2.08. The van der Waals surface area contributed by atoms with Gasteiger partial charge in [-0.1, -0.05) is 47.5 Å². The molecule has 0 aromatic heterocycles. The Morgan fingerprint density at radius 2 is 1.82 bits per heavy atom. The molecule has 2 rings (SSSR count). The fourth-order valence-electron chi connectivity index (χ4n) is 2.30. The number of amides is 1. The first kappa shape index (κ1) is 16.6. The number of rotatable bonds is 6. The van der Waals surface area contributed by atoms with Gasteiger partial charge in [0.1, 0.15) is 0 Å². The van der Waals surface area contributed by atoms with E-state index in [1.807, 2.05) is 43.8 Å². The van der Waals surface area contributed by atoms with Crippen molar-refractivity contribution >= 4 is 17.7 Å². The molecule has 0 bridgehead atoms. The lowest BCUT2D eigenvalue weighted by molar-refractivity contribution is 0.0955. The molecule has 0 atom stereocenters. The van der Waals surface area contributed by atoms with Gasteiger partial charge in [0.2, 0.25) is 0 Å². The molecule has 0 aliphatic heterocycles. The number of carbonyl (C=O) groups is 1. The molecular weight excluding hydrogens is 290 g/mol. The van der Waals surface area contributed by atoms with E-state index in [0.717, 1.165) is 28.2 Å². The Morgan fingerprint density at radius 3 is 2.59 bits per heavy atom. The maximum Gasteiger partial charge on any atom is 0.251 e. The largest absolute Gasteiger partial charge is 0.351 e. The molecule has 2 nitrogen and oxygen atoms in total. The molecule has 0 heterocycles. The second-order valence-electron chi connectivity index (χ2n) is 5.62. The lowest BCUT2D eigenvalue weighted by Crippen LogP contribution is -2.26. The quantitative estimate of drug-likeness (QED) is 0.807. The van der Waals surface area contributed by atoms with Crippen LogP contribution < -0.4 is 5.32 Å². The number of hydrogen-bond acceptors (Lipinski definition) is 2. The van der Waals surface area contributed by atoms with Crippen LogP contribution in [0.1, 0.15) is 32.6 Å². The van der Waals surface area contributed by atoms with Gasteiger partial charge in [-0.3, -0.25) is 4.79 Å². The SMILES string of the molecule is Cc1cccc(CSCCNC(=O)c2cc(C)ccc2C)c1. The second kappa shape index (κ2) is 8.04. The minimum Gasteiger partial charge on any atom is -0.351 e. The summed E-state index contributed by atoms with van der Waals surface area (Å²) in [6.07, 6.45) is 0. The summed E-state index contributed by atoms with van der Waals surface area (Å²) in [4.78, 5) is 12.2. The highest BCUT2D eigenvalue weighted by atomic mass is 32.2. The third-order valence-electron chi connectivity index (χ3n) is 3.52. The van der Waals surface area contributed by atoms with Gasteiger partial charge in [-0.15, -0.1) is 0 Å². The zero-order valence-electron chi connectivity index (χ0n) is 13.5. The Labute approximate surface area is 137 Å². The highest BCUT2D eigenvalue weighted by molar-refractivity contribution is 7.98. The van der Waals surface area contributed by atoms with Crippen LogP contribution in [0.4, 0.5) is 0 Å². The Hall–Kier alpha value is -1.74. The second-order valence-corrected chi connectivity index (χ2v) is 6.72. The summed E-state index contributed by atoms with van der Waals surface area (Å²) in [5.41, 5.74) is 5.55. The molecule has 0 saturated heterocycles. The van der Waals surface area contributed by atoms with Gasteiger partial charge in [-0.2, -0.15) is 11.8 Å². The Morgan fingerprint density at radius 1 is 1.05 bits per heavy atom. The van der Waals surface area contributed by atoms with Crippen molar-refractivity contribution in [1.29, 1.82) is 0 Å². The highest BCUT2D eigenvalue weighted by Gasteiger charge is 2.08. The zero-order valence-corrected chi connectivity index (χ0v) is 14.3. The molecule has 0 aliphatic rings. The number of aryl methyl sites for hydroxylation is 3. The predicted molar refractivity (Wildman–Crippen MR) is 95.6 cm³/mol. The van der Waals surface area contributed by atoms with Crippen LogP contribution in [-0.4, -0.2) is 18.2 Å². The van der Waals surface area contributed by atoms with Crippen LogP contribution >= 0.6 is 11.8 Å². The maximum absolute atomic E-state index is 12.2. The van der Waals surface area contributed by atoms with Crippen molar-refractivity contribution < 1.29 is 4.79 Å². The van der Waals surface area contributed by atoms with Crippen molar-refractivity contribution in [2.24, 2.45) is 0 Å². The number of carbonyl (C=O) groups excluding carboxylic acids is 1. The highest BCUT2D eigenvalue weighted by Crippen LogP contribution is 2.13. The normalized spacial score (nSPS) is 10.5. The molecule has 1 N–H and O–H groups in total.